The molecule has 0 fully saturated rings. The van der Waals surface area contributed by atoms with Crippen molar-refractivity contribution in [2.75, 3.05) is 22.1 Å². The maximum Gasteiger partial charge on any atom is 0.265 e. The summed E-state index contributed by atoms with van der Waals surface area (Å²) in [6, 6.07) is 27.2. The first-order valence-electron chi connectivity index (χ1n) is 11.1. The van der Waals surface area contributed by atoms with Crippen LogP contribution >= 0.6 is 11.3 Å². The van der Waals surface area contributed by atoms with Crippen LogP contribution in [-0.4, -0.2) is 16.8 Å². The van der Waals surface area contributed by atoms with Crippen molar-refractivity contribution in [2.45, 2.75) is 6.92 Å². The third kappa shape index (κ3) is 6.25. The van der Waals surface area contributed by atoms with Crippen LogP contribution in [0, 0.1) is 6.92 Å². The number of nitrogens with two attached hydrogens (primary N) is 2. The standard InChI is InChI=1S/C16H13N3O.C12H12N2OS/c17-12-6-8-13(9-7-12)19-16(20)14-5-1-3-11-4-2-10-18-15(11)14;1-8-2-7-11(16-8)12(15)14-10-5-3-9(13)4-6-10/h1-10H,17H2,(H,19,20);2-7H,13H2,1H3,(H,14,15). The van der Waals surface area contributed by atoms with Crippen molar-refractivity contribution in [3.05, 3.63) is 113 Å². The van der Waals surface area contributed by atoms with Crippen LogP contribution in [0.25, 0.3) is 10.9 Å². The van der Waals surface area contributed by atoms with Crippen LogP contribution in [-0.2, 0) is 0 Å². The molecule has 180 valence electrons. The number of hydrogen-bond acceptors (Lipinski definition) is 6. The van der Waals surface area contributed by atoms with Gasteiger partial charge >= 0.3 is 0 Å². The van der Waals surface area contributed by atoms with Gasteiger partial charge in [0.05, 0.1) is 16.0 Å². The van der Waals surface area contributed by atoms with Crippen LogP contribution in [0.2, 0.25) is 0 Å². The predicted molar refractivity (Wildman–Crippen MR) is 148 cm³/mol. The number of nitrogens with one attached hydrogen (secondary N) is 2. The Morgan fingerprint density at radius 2 is 1.31 bits per heavy atom. The Balaban J connectivity index is 0.000000174. The maximum atomic E-state index is 12.3. The monoisotopic (exact) mass is 495 g/mol. The fraction of sp³-hybridized carbons (Fsp3) is 0.0357. The van der Waals surface area contributed by atoms with Gasteiger partial charge in [-0.2, -0.15) is 0 Å². The second-order valence-corrected chi connectivity index (χ2v) is 9.23. The summed E-state index contributed by atoms with van der Waals surface area (Å²) in [6.45, 7) is 1.98. The van der Waals surface area contributed by atoms with Gasteiger partial charge in [0.25, 0.3) is 11.8 Å². The molecule has 5 rings (SSSR count). The Hall–Kier alpha value is -4.69. The average molecular weight is 496 g/mol. The zero-order chi connectivity index (χ0) is 25.5. The molecule has 6 N–H and O–H groups in total. The lowest BCUT2D eigenvalue weighted by Crippen LogP contribution is -2.12. The molecule has 0 aliphatic rings. The van der Waals surface area contributed by atoms with E-state index in [1.165, 1.54) is 11.3 Å². The number of carbonyl (C=O) groups excluding carboxylic acids is 2. The third-order valence-electron chi connectivity index (χ3n) is 5.18. The fourth-order valence-electron chi connectivity index (χ4n) is 3.37. The van der Waals surface area contributed by atoms with Gasteiger partial charge in [-0.15, -0.1) is 11.3 Å². The van der Waals surface area contributed by atoms with Gasteiger partial charge in [0.2, 0.25) is 0 Å². The molecule has 0 saturated heterocycles. The number of thiophene rings is 1. The molecule has 5 aromatic rings. The van der Waals surface area contributed by atoms with E-state index in [0.717, 1.165) is 16.0 Å². The topological polar surface area (TPSA) is 123 Å². The molecule has 0 saturated carbocycles. The Morgan fingerprint density at radius 3 is 1.89 bits per heavy atom. The van der Waals surface area contributed by atoms with Crippen molar-refractivity contribution in [3.8, 4) is 0 Å². The number of anilines is 4. The largest absolute Gasteiger partial charge is 0.399 e. The van der Waals surface area contributed by atoms with Crippen LogP contribution in [0.5, 0.6) is 0 Å². The highest BCUT2D eigenvalue weighted by Gasteiger charge is 2.11. The zero-order valence-electron chi connectivity index (χ0n) is 19.6. The van der Waals surface area contributed by atoms with Gasteiger partial charge in [-0.3, -0.25) is 14.6 Å². The number of aromatic nitrogens is 1. The summed E-state index contributed by atoms with van der Waals surface area (Å²) >= 11 is 1.48. The summed E-state index contributed by atoms with van der Waals surface area (Å²) in [7, 11) is 0. The van der Waals surface area contributed by atoms with E-state index in [9.17, 15) is 9.59 Å². The van der Waals surface area contributed by atoms with Gasteiger partial charge < -0.3 is 22.1 Å². The molecule has 2 amide bonds. The number of amides is 2. The molecule has 0 spiro atoms. The van der Waals surface area contributed by atoms with E-state index >= 15 is 0 Å². The van der Waals surface area contributed by atoms with Gasteiger partial charge in [0.15, 0.2) is 0 Å². The first-order valence-corrected chi connectivity index (χ1v) is 11.9. The number of rotatable bonds is 4. The molecule has 2 heterocycles. The van der Waals surface area contributed by atoms with Crippen LogP contribution < -0.4 is 22.1 Å². The molecule has 2 aromatic heterocycles. The number of fused-ring (bicyclic) bond motifs is 1. The second-order valence-electron chi connectivity index (χ2n) is 7.94. The minimum atomic E-state index is -0.181. The second kappa shape index (κ2) is 11.2. The number of aryl methyl sites for hydroxylation is 1. The number of nitrogen functional groups attached to an aromatic ring is 2. The lowest BCUT2D eigenvalue weighted by atomic mass is 10.1. The van der Waals surface area contributed by atoms with Gasteiger partial charge in [0.1, 0.15) is 0 Å². The van der Waals surface area contributed by atoms with E-state index in [1.807, 2.05) is 43.3 Å². The van der Waals surface area contributed by atoms with Crippen molar-refractivity contribution in [2.24, 2.45) is 0 Å². The number of nitrogens with zero attached hydrogens (tertiary/aromatic N) is 1. The zero-order valence-corrected chi connectivity index (χ0v) is 20.4. The van der Waals surface area contributed by atoms with E-state index in [1.54, 1.807) is 60.8 Å². The molecule has 0 atom stereocenters. The fourth-order valence-corrected chi connectivity index (χ4v) is 4.13. The molecule has 0 unspecified atom stereocenters. The maximum absolute atomic E-state index is 12.3. The van der Waals surface area contributed by atoms with Crippen molar-refractivity contribution >= 4 is 56.8 Å². The molecule has 0 bridgehead atoms. The van der Waals surface area contributed by atoms with Crippen LogP contribution in [0.3, 0.4) is 0 Å². The molecule has 36 heavy (non-hydrogen) atoms. The highest BCUT2D eigenvalue weighted by atomic mass is 32.1. The summed E-state index contributed by atoms with van der Waals surface area (Å²) < 4.78 is 0. The SMILES string of the molecule is Cc1ccc(C(=O)Nc2ccc(N)cc2)s1.Nc1ccc(NC(=O)c2cccc3cccnc23)cc1. The van der Waals surface area contributed by atoms with Gasteiger partial charge in [-0.05, 0) is 79.7 Å². The third-order valence-corrected chi connectivity index (χ3v) is 6.18. The van der Waals surface area contributed by atoms with E-state index < -0.39 is 0 Å². The summed E-state index contributed by atoms with van der Waals surface area (Å²) in [5.74, 6) is -0.262. The summed E-state index contributed by atoms with van der Waals surface area (Å²) in [5.41, 5.74) is 15.2. The van der Waals surface area contributed by atoms with Crippen molar-refractivity contribution in [1.82, 2.24) is 4.98 Å². The number of carbonyl (C=O) groups is 2. The normalized spacial score (nSPS) is 10.2. The highest BCUT2D eigenvalue weighted by Crippen LogP contribution is 2.19. The predicted octanol–water partition coefficient (Wildman–Crippen LogP) is 5.96. The van der Waals surface area contributed by atoms with Gasteiger partial charge in [0, 0.05) is 39.2 Å². The van der Waals surface area contributed by atoms with E-state index in [0.29, 0.717) is 33.0 Å². The molecule has 7 nitrogen and oxygen atoms in total. The van der Waals surface area contributed by atoms with Crippen molar-refractivity contribution in [1.29, 1.82) is 0 Å². The first-order chi connectivity index (χ1) is 17.4. The summed E-state index contributed by atoms with van der Waals surface area (Å²) in [4.78, 5) is 30.2. The van der Waals surface area contributed by atoms with Crippen LogP contribution in [0.1, 0.15) is 24.9 Å². The van der Waals surface area contributed by atoms with Gasteiger partial charge in [-0.1, -0.05) is 18.2 Å². The minimum Gasteiger partial charge on any atom is -0.399 e. The van der Waals surface area contributed by atoms with Crippen molar-refractivity contribution in [3.63, 3.8) is 0 Å². The molecule has 0 radical (unpaired) electrons. The number of pyridine rings is 1. The smallest absolute Gasteiger partial charge is 0.265 e. The molecule has 3 aromatic carbocycles. The Bertz CT molecular complexity index is 1490. The highest BCUT2D eigenvalue weighted by molar-refractivity contribution is 7.14. The number of benzene rings is 3. The van der Waals surface area contributed by atoms with Crippen molar-refractivity contribution < 1.29 is 9.59 Å². The minimum absolute atomic E-state index is 0.0807. The Kier molecular flexibility index (Phi) is 7.57. The summed E-state index contributed by atoms with van der Waals surface area (Å²) in [6.07, 6.45) is 1.68. The molecular weight excluding hydrogens is 470 g/mol. The van der Waals surface area contributed by atoms with Gasteiger partial charge in [-0.25, -0.2) is 0 Å². The molecule has 0 aliphatic heterocycles. The average Bonchev–Trinajstić information content (AvgIpc) is 3.33. The molecule has 8 heteroatoms. The quantitative estimate of drug-likeness (QED) is 0.229. The number of hydrogen-bond donors (Lipinski definition) is 4. The first kappa shape index (κ1) is 24.4. The molecule has 0 aliphatic carbocycles. The van der Waals surface area contributed by atoms with E-state index in [-0.39, 0.29) is 11.8 Å². The lowest BCUT2D eigenvalue weighted by Gasteiger charge is -2.07. The summed E-state index contributed by atoms with van der Waals surface area (Å²) in [5, 5.41) is 6.60. The van der Waals surface area contributed by atoms with Crippen LogP contribution in [0.4, 0.5) is 22.7 Å². The van der Waals surface area contributed by atoms with E-state index in [4.69, 9.17) is 11.5 Å². The van der Waals surface area contributed by atoms with Crippen LogP contribution in [0.15, 0.2) is 97.2 Å². The Labute approximate surface area is 212 Å². The Morgan fingerprint density at radius 1 is 0.722 bits per heavy atom. The molecular formula is C28H25N5O2S. The number of para-hydroxylation sites is 1. The lowest BCUT2D eigenvalue weighted by molar-refractivity contribution is 0.102. The van der Waals surface area contributed by atoms with E-state index in [2.05, 4.69) is 15.6 Å².